The summed E-state index contributed by atoms with van der Waals surface area (Å²) in [7, 11) is 1.79. The number of hydrogen-bond acceptors (Lipinski definition) is 3. The highest BCUT2D eigenvalue weighted by Crippen LogP contribution is 2.22. The average molecular weight is 297 g/mol. The van der Waals surface area contributed by atoms with Crippen LogP contribution in [0.25, 0.3) is 0 Å². The molecule has 0 unspecified atom stereocenters. The summed E-state index contributed by atoms with van der Waals surface area (Å²) in [5.41, 5.74) is -0.235. The Hall–Kier alpha value is -1.10. The van der Waals surface area contributed by atoms with Crippen LogP contribution < -0.4 is 10.6 Å². The van der Waals surface area contributed by atoms with Gasteiger partial charge in [-0.15, -0.1) is 0 Å². The summed E-state index contributed by atoms with van der Waals surface area (Å²) in [5.74, 6) is 0.592. The monoisotopic (exact) mass is 297 g/mol. The molecule has 0 aromatic rings. The second kappa shape index (κ2) is 8.37. The number of likely N-dealkylation sites (N-methyl/N-ethyl adjacent to an activating group) is 1. The lowest BCUT2D eigenvalue weighted by Gasteiger charge is -2.24. The number of nitrogens with one attached hydrogen (secondary N) is 2. The molecule has 0 spiro atoms. The molecule has 1 fully saturated rings. The van der Waals surface area contributed by atoms with Gasteiger partial charge in [0.05, 0.1) is 13.1 Å². The Morgan fingerprint density at radius 3 is 2.19 bits per heavy atom. The third-order valence-electron chi connectivity index (χ3n) is 3.65. The number of carbonyl (C=O) groups is 2. The first-order valence-corrected chi connectivity index (χ1v) is 8.02. The predicted molar refractivity (Wildman–Crippen MR) is 85.0 cm³/mol. The van der Waals surface area contributed by atoms with Crippen LogP contribution in [0.15, 0.2) is 0 Å². The molecule has 0 radical (unpaired) electrons. The van der Waals surface area contributed by atoms with Gasteiger partial charge in [-0.2, -0.15) is 0 Å². The summed E-state index contributed by atoms with van der Waals surface area (Å²) in [6.07, 6.45) is 6.35. The highest BCUT2D eigenvalue weighted by molar-refractivity contribution is 5.81. The smallest absolute Gasteiger partial charge is 0.234 e. The van der Waals surface area contributed by atoms with Crippen molar-refractivity contribution in [2.45, 2.75) is 58.4 Å². The zero-order chi connectivity index (χ0) is 15.9. The molecule has 5 nitrogen and oxygen atoms in total. The Morgan fingerprint density at radius 1 is 1.05 bits per heavy atom. The second-order valence-electron chi connectivity index (χ2n) is 7.28. The van der Waals surface area contributed by atoms with Gasteiger partial charge >= 0.3 is 0 Å². The van der Waals surface area contributed by atoms with Gasteiger partial charge in [-0.3, -0.25) is 14.5 Å². The molecular formula is C16H31N3O2. The number of rotatable bonds is 6. The minimum absolute atomic E-state index is 0.00614. The van der Waals surface area contributed by atoms with E-state index in [2.05, 4.69) is 10.6 Å². The summed E-state index contributed by atoms with van der Waals surface area (Å²) >= 11 is 0. The van der Waals surface area contributed by atoms with Crippen molar-refractivity contribution in [1.82, 2.24) is 15.5 Å². The maximum absolute atomic E-state index is 11.9. The summed E-state index contributed by atoms with van der Waals surface area (Å²) in [4.78, 5) is 25.4. The largest absolute Gasteiger partial charge is 0.355 e. The van der Waals surface area contributed by atoms with Crippen LogP contribution in [0.2, 0.25) is 0 Å². The molecule has 0 heterocycles. The van der Waals surface area contributed by atoms with Gasteiger partial charge in [0.15, 0.2) is 0 Å². The fourth-order valence-corrected chi connectivity index (χ4v) is 2.71. The molecule has 21 heavy (non-hydrogen) atoms. The Kier molecular flexibility index (Phi) is 7.15. The Bertz CT molecular complexity index is 344. The Morgan fingerprint density at radius 2 is 1.62 bits per heavy atom. The van der Waals surface area contributed by atoms with Crippen LogP contribution >= 0.6 is 0 Å². The van der Waals surface area contributed by atoms with E-state index in [-0.39, 0.29) is 30.4 Å². The van der Waals surface area contributed by atoms with Crippen molar-refractivity contribution in [3.05, 3.63) is 0 Å². The van der Waals surface area contributed by atoms with Gasteiger partial charge in [-0.25, -0.2) is 0 Å². The first-order valence-electron chi connectivity index (χ1n) is 8.02. The van der Waals surface area contributed by atoms with Crippen LogP contribution in [0, 0.1) is 5.92 Å². The maximum Gasteiger partial charge on any atom is 0.234 e. The average Bonchev–Trinajstić information content (AvgIpc) is 2.35. The van der Waals surface area contributed by atoms with Gasteiger partial charge in [0, 0.05) is 12.1 Å². The van der Waals surface area contributed by atoms with Gasteiger partial charge in [0.25, 0.3) is 0 Å². The van der Waals surface area contributed by atoms with Crippen molar-refractivity contribution in [3.8, 4) is 0 Å². The number of nitrogens with zero attached hydrogens (tertiary/aromatic N) is 1. The molecule has 0 atom stereocenters. The van der Waals surface area contributed by atoms with E-state index in [1.807, 2.05) is 20.8 Å². The van der Waals surface area contributed by atoms with Crippen molar-refractivity contribution >= 4 is 11.8 Å². The number of hydrogen-bond donors (Lipinski definition) is 2. The summed E-state index contributed by atoms with van der Waals surface area (Å²) in [6, 6.07) is 0. The van der Waals surface area contributed by atoms with Gasteiger partial charge in [0.2, 0.25) is 11.8 Å². The summed E-state index contributed by atoms with van der Waals surface area (Å²) < 4.78 is 0. The van der Waals surface area contributed by atoms with Crippen LogP contribution in [0.3, 0.4) is 0 Å². The van der Waals surface area contributed by atoms with E-state index < -0.39 is 0 Å². The third kappa shape index (κ3) is 8.71. The molecule has 0 saturated heterocycles. The molecule has 5 heteroatoms. The van der Waals surface area contributed by atoms with Crippen LogP contribution in [-0.4, -0.2) is 48.9 Å². The fourth-order valence-electron chi connectivity index (χ4n) is 2.71. The van der Waals surface area contributed by atoms with Gasteiger partial charge in [-0.1, -0.05) is 19.3 Å². The van der Waals surface area contributed by atoms with Crippen molar-refractivity contribution < 1.29 is 9.59 Å². The highest BCUT2D eigenvalue weighted by atomic mass is 16.2. The van der Waals surface area contributed by atoms with E-state index in [0.717, 1.165) is 6.54 Å². The number of amides is 2. The minimum atomic E-state index is -0.235. The highest BCUT2D eigenvalue weighted by Gasteiger charge is 2.17. The van der Waals surface area contributed by atoms with E-state index in [4.69, 9.17) is 0 Å². The van der Waals surface area contributed by atoms with Crippen LogP contribution in [-0.2, 0) is 9.59 Å². The topological polar surface area (TPSA) is 61.4 Å². The minimum Gasteiger partial charge on any atom is -0.355 e. The standard InChI is InChI=1S/C16H31N3O2/c1-16(2,3)18-15(21)12-19(4)11-14(20)17-10-13-8-6-5-7-9-13/h13H,5-12H2,1-4H3,(H,17,20)(H,18,21). The molecule has 1 aliphatic carbocycles. The number of carbonyl (C=O) groups excluding carboxylic acids is 2. The molecule has 2 N–H and O–H groups in total. The first-order chi connectivity index (χ1) is 9.76. The van der Waals surface area contributed by atoms with E-state index in [1.165, 1.54) is 32.1 Å². The van der Waals surface area contributed by atoms with Gasteiger partial charge in [-0.05, 0) is 46.6 Å². The lowest BCUT2D eigenvalue weighted by molar-refractivity contribution is -0.125. The molecule has 1 saturated carbocycles. The van der Waals surface area contributed by atoms with Gasteiger partial charge < -0.3 is 10.6 Å². The normalized spacial score (nSPS) is 16.8. The Labute approximate surface area is 128 Å². The SMILES string of the molecule is CN(CC(=O)NCC1CCCCC1)CC(=O)NC(C)(C)C. The molecule has 0 aromatic heterocycles. The summed E-state index contributed by atoms with van der Waals surface area (Å²) in [6.45, 7) is 7.13. The molecule has 0 aromatic carbocycles. The van der Waals surface area contributed by atoms with Crippen molar-refractivity contribution in [2.75, 3.05) is 26.7 Å². The first kappa shape index (κ1) is 18.0. The van der Waals surface area contributed by atoms with Crippen LogP contribution in [0.1, 0.15) is 52.9 Å². The van der Waals surface area contributed by atoms with Crippen LogP contribution in [0.5, 0.6) is 0 Å². The molecule has 0 bridgehead atoms. The van der Waals surface area contributed by atoms with Crippen molar-refractivity contribution in [2.24, 2.45) is 5.92 Å². The Balaban J connectivity index is 2.19. The lowest BCUT2D eigenvalue weighted by Crippen LogP contribution is -2.47. The van der Waals surface area contributed by atoms with Crippen LogP contribution in [0.4, 0.5) is 0 Å². The third-order valence-corrected chi connectivity index (χ3v) is 3.65. The molecule has 122 valence electrons. The lowest BCUT2D eigenvalue weighted by atomic mass is 9.89. The van der Waals surface area contributed by atoms with Crippen molar-refractivity contribution in [1.29, 1.82) is 0 Å². The second-order valence-corrected chi connectivity index (χ2v) is 7.28. The van der Waals surface area contributed by atoms with E-state index in [0.29, 0.717) is 5.92 Å². The van der Waals surface area contributed by atoms with E-state index in [9.17, 15) is 9.59 Å². The maximum atomic E-state index is 11.9. The quantitative estimate of drug-likeness (QED) is 0.781. The fraction of sp³-hybridized carbons (Fsp3) is 0.875. The zero-order valence-electron chi connectivity index (χ0n) is 14.0. The molecule has 1 aliphatic rings. The molecular weight excluding hydrogens is 266 g/mol. The molecule has 0 aliphatic heterocycles. The zero-order valence-corrected chi connectivity index (χ0v) is 14.0. The van der Waals surface area contributed by atoms with Gasteiger partial charge in [0.1, 0.15) is 0 Å². The summed E-state index contributed by atoms with van der Waals surface area (Å²) in [5, 5.41) is 5.89. The molecule has 2 amide bonds. The van der Waals surface area contributed by atoms with E-state index >= 15 is 0 Å². The van der Waals surface area contributed by atoms with Crippen molar-refractivity contribution in [3.63, 3.8) is 0 Å². The van der Waals surface area contributed by atoms with E-state index in [1.54, 1.807) is 11.9 Å². The molecule has 1 rings (SSSR count). The predicted octanol–water partition coefficient (Wildman–Crippen LogP) is 1.53.